The van der Waals surface area contributed by atoms with E-state index in [0.717, 1.165) is 17.5 Å². The molecule has 2 N–H and O–H groups in total. The summed E-state index contributed by atoms with van der Waals surface area (Å²) in [6, 6.07) is 21.9. The molecule has 0 heterocycles. The van der Waals surface area contributed by atoms with Crippen LogP contribution in [0.3, 0.4) is 0 Å². The number of alkyl carbamates (subject to hydrolysis) is 1. The van der Waals surface area contributed by atoms with Crippen LogP contribution >= 0.6 is 0 Å². The van der Waals surface area contributed by atoms with Gasteiger partial charge in [0, 0.05) is 23.7 Å². The van der Waals surface area contributed by atoms with Crippen molar-refractivity contribution in [2.75, 3.05) is 5.32 Å². The van der Waals surface area contributed by atoms with Crippen LogP contribution in [-0.2, 0) is 20.7 Å². The number of carbonyl (C=O) groups is 3. The van der Waals surface area contributed by atoms with Crippen LogP contribution in [-0.4, -0.2) is 40.5 Å². The summed E-state index contributed by atoms with van der Waals surface area (Å²) in [5.41, 5.74) is 2.72. The van der Waals surface area contributed by atoms with Crippen molar-refractivity contribution in [3.8, 4) is 12.3 Å². The summed E-state index contributed by atoms with van der Waals surface area (Å²) in [5, 5.41) is 5.85. The summed E-state index contributed by atoms with van der Waals surface area (Å²) in [7, 11) is 0. The molecule has 0 radical (unpaired) electrons. The quantitative estimate of drug-likeness (QED) is 0.310. The second-order valence-electron chi connectivity index (χ2n) is 11.9. The molecule has 3 aromatic carbocycles. The van der Waals surface area contributed by atoms with Gasteiger partial charge in [0.05, 0.1) is 0 Å². The van der Waals surface area contributed by atoms with E-state index in [2.05, 4.69) is 16.6 Å². The molecular weight excluding hydrogens is 526 g/mol. The topological polar surface area (TPSA) is 87.7 Å². The minimum atomic E-state index is -1.03. The lowest BCUT2D eigenvalue weighted by Gasteiger charge is -2.35. The third-order valence-electron chi connectivity index (χ3n) is 7.29. The Balaban J connectivity index is 1.79. The molecule has 7 nitrogen and oxygen atoms in total. The fourth-order valence-corrected chi connectivity index (χ4v) is 5.05. The van der Waals surface area contributed by atoms with Crippen molar-refractivity contribution in [3.63, 3.8) is 0 Å². The Morgan fingerprint density at radius 2 is 1.62 bits per heavy atom. The Labute approximate surface area is 248 Å². The average molecular weight is 566 g/mol. The molecule has 0 bridgehead atoms. The van der Waals surface area contributed by atoms with Gasteiger partial charge in [-0.15, -0.1) is 6.42 Å². The molecule has 1 saturated carbocycles. The fraction of sp³-hybridized carbons (Fsp3) is 0.343. The number of anilines is 1. The molecule has 42 heavy (non-hydrogen) atoms. The lowest BCUT2D eigenvalue weighted by Crippen LogP contribution is -2.54. The van der Waals surface area contributed by atoms with E-state index in [4.69, 9.17) is 11.2 Å². The van der Waals surface area contributed by atoms with E-state index in [-0.39, 0.29) is 30.2 Å². The average Bonchev–Trinajstić information content (AvgIpc) is 3.67. The zero-order chi connectivity index (χ0) is 30.4. The molecule has 7 heteroatoms. The van der Waals surface area contributed by atoms with Crippen LogP contribution in [0.4, 0.5) is 10.5 Å². The van der Waals surface area contributed by atoms with Crippen LogP contribution in [0.15, 0.2) is 78.9 Å². The van der Waals surface area contributed by atoms with Gasteiger partial charge in [0.1, 0.15) is 17.7 Å². The van der Waals surface area contributed by atoms with Crippen molar-refractivity contribution in [2.45, 2.75) is 71.2 Å². The molecule has 4 atom stereocenters. The first-order valence-corrected chi connectivity index (χ1v) is 14.3. The molecule has 1 aliphatic carbocycles. The van der Waals surface area contributed by atoms with Crippen molar-refractivity contribution in [3.05, 3.63) is 101 Å². The maximum absolute atomic E-state index is 14.6. The van der Waals surface area contributed by atoms with Gasteiger partial charge in [0.15, 0.2) is 0 Å². The Morgan fingerprint density at radius 3 is 2.24 bits per heavy atom. The van der Waals surface area contributed by atoms with E-state index in [1.54, 1.807) is 37.8 Å². The number of benzene rings is 3. The Bertz CT molecular complexity index is 1470. The Morgan fingerprint density at radius 1 is 1.00 bits per heavy atom. The van der Waals surface area contributed by atoms with E-state index in [0.29, 0.717) is 16.8 Å². The number of hydrogen-bond acceptors (Lipinski definition) is 4. The summed E-state index contributed by atoms with van der Waals surface area (Å²) in [6.07, 6.45) is 6.13. The van der Waals surface area contributed by atoms with Crippen molar-refractivity contribution in [2.24, 2.45) is 5.92 Å². The first-order valence-electron chi connectivity index (χ1n) is 14.3. The van der Waals surface area contributed by atoms with Crippen molar-refractivity contribution in [1.82, 2.24) is 10.2 Å². The van der Waals surface area contributed by atoms with Gasteiger partial charge < -0.3 is 20.3 Å². The summed E-state index contributed by atoms with van der Waals surface area (Å²) < 4.78 is 5.53. The van der Waals surface area contributed by atoms with Crippen LogP contribution < -0.4 is 10.6 Å². The number of ether oxygens (including phenoxy) is 1. The number of hydrogen-bond donors (Lipinski definition) is 2. The highest BCUT2D eigenvalue weighted by Gasteiger charge is 2.48. The monoisotopic (exact) mass is 565 g/mol. The zero-order valence-corrected chi connectivity index (χ0v) is 24.9. The van der Waals surface area contributed by atoms with E-state index in [1.807, 2.05) is 80.6 Å². The van der Waals surface area contributed by atoms with Crippen LogP contribution in [0.5, 0.6) is 0 Å². The van der Waals surface area contributed by atoms with Gasteiger partial charge in [0.25, 0.3) is 5.91 Å². The standard InChI is InChI=1S/C35H39N3O4/c1-7-26-18-12-13-19-27(26)31(32(39)36-28-20-14-11-15-23(28)2)38(30-21-24(30)3)33(40)29(22-25-16-9-8-10-17-25)37-34(41)42-35(4,5)6/h1,8-20,24,29-31H,21-22H2,2-6H3,(H,36,39)(H,37,41). The van der Waals surface area contributed by atoms with Crippen molar-refractivity contribution in [1.29, 1.82) is 0 Å². The van der Waals surface area contributed by atoms with E-state index in [9.17, 15) is 14.4 Å². The minimum absolute atomic E-state index is 0.166. The highest BCUT2D eigenvalue weighted by atomic mass is 16.6. The number of terminal acetylenes is 1. The second kappa shape index (κ2) is 12.9. The van der Waals surface area contributed by atoms with Crippen molar-refractivity contribution < 1.29 is 19.1 Å². The normalized spacial score (nSPS) is 17.2. The van der Waals surface area contributed by atoms with Crippen LogP contribution in [0.25, 0.3) is 0 Å². The second-order valence-corrected chi connectivity index (χ2v) is 11.9. The van der Waals surface area contributed by atoms with E-state index < -0.39 is 23.8 Å². The molecule has 1 fully saturated rings. The Kier molecular flexibility index (Phi) is 9.37. The van der Waals surface area contributed by atoms with Crippen LogP contribution in [0.1, 0.15) is 62.4 Å². The summed E-state index contributed by atoms with van der Waals surface area (Å²) in [6.45, 7) is 9.25. The predicted octanol–water partition coefficient (Wildman–Crippen LogP) is 6.03. The predicted molar refractivity (Wildman–Crippen MR) is 165 cm³/mol. The SMILES string of the molecule is C#Cc1ccccc1C(C(=O)Nc1ccccc1C)N(C(=O)C(Cc1ccccc1)NC(=O)OC(C)(C)C)C1CC1C. The van der Waals surface area contributed by atoms with Gasteiger partial charge in [-0.3, -0.25) is 9.59 Å². The van der Waals surface area contributed by atoms with Crippen LogP contribution in [0.2, 0.25) is 0 Å². The van der Waals surface area contributed by atoms with Crippen molar-refractivity contribution >= 4 is 23.6 Å². The maximum Gasteiger partial charge on any atom is 0.408 e. The zero-order valence-electron chi connectivity index (χ0n) is 24.9. The smallest absolute Gasteiger partial charge is 0.408 e. The molecule has 4 rings (SSSR count). The first kappa shape index (κ1) is 30.4. The lowest BCUT2D eigenvalue weighted by atomic mass is 9.96. The fourth-order valence-electron chi connectivity index (χ4n) is 5.05. The maximum atomic E-state index is 14.6. The molecule has 1 aliphatic rings. The molecule has 218 valence electrons. The number of nitrogens with zero attached hydrogens (tertiary/aromatic N) is 1. The molecule has 0 spiro atoms. The molecule has 4 unspecified atom stereocenters. The summed E-state index contributed by atoms with van der Waals surface area (Å²) >= 11 is 0. The first-order chi connectivity index (χ1) is 20.0. The van der Waals surface area contributed by atoms with Gasteiger partial charge in [-0.25, -0.2) is 4.79 Å². The van der Waals surface area contributed by atoms with Gasteiger partial charge in [0.2, 0.25) is 5.91 Å². The molecular formula is C35H39N3O4. The number of nitrogens with one attached hydrogen (secondary N) is 2. The number of para-hydroxylation sites is 1. The number of rotatable bonds is 9. The van der Waals surface area contributed by atoms with E-state index in [1.165, 1.54) is 0 Å². The lowest BCUT2D eigenvalue weighted by molar-refractivity contribution is -0.141. The highest BCUT2D eigenvalue weighted by Crippen LogP contribution is 2.41. The molecule has 0 aromatic heterocycles. The molecule has 0 aliphatic heterocycles. The largest absolute Gasteiger partial charge is 0.444 e. The summed E-state index contributed by atoms with van der Waals surface area (Å²) in [4.78, 5) is 43.5. The van der Waals surface area contributed by atoms with Crippen LogP contribution in [0, 0.1) is 25.2 Å². The third kappa shape index (κ3) is 7.58. The molecule has 0 saturated heterocycles. The number of amides is 3. The van der Waals surface area contributed by atoms with Gasteiger partial charge in [-0.1, -0.05) is 79.6 Å². The highest BCUT2D eigenvalue weighted by molar-refractivity contribution is 6.00. The molecule has 3 amide bonds. The summed E-state index contributed by atoms with van der Waals surface area (Å²) in [5.74, 6) is 2.10. The number of carbonyl (C=O) groups excluding carboxylic acids is 3. The van der Waals surface area contributed by atoms with Gasteiger partial charge in [-0.2, -0.15) is 0 Å². The van der Waals surface area contributed by atoms with E-state index >= 15 is 0 Å². The Hall–Kier alpha value is -4.57. The molecule has 3 aromatic rings. The van der Waals surface area contributed by atoms with Gasteiger partial charge >= 0.3 is 6.09 Å². The minimum Gasteiger partial charge on any atom is -0.444 e. The number of aryl methyl sites for hydroxylation is 1. The third-order valence-corrected chi connectivity index (χ3v) is 7.29. The van der Waals surface area contributed by atoms with Gasteiger partial charge in [-0.05, 0) is 68.9 Å².